The SMILES string of the molecule is O=C(c1nc2ccccc2[nH]1)N1C[C@@H]2CC[C@H]1CN(Cc1ccccc1)C2. The molecule has 6 rings (SSSR count). The van der Waals surface area contributed by atoms with Crippen LogP contribution in [0.25, 0.3) is 11.0 Å². The first kappa shape index (κ1) is 16.5. The van der Waals surface area contributed by atoms with Crippen molar-refractivity contribution in [3.63, 3.8) is 0 Å². The van der Waals surface area contributed by atoms with E-state index in [2.05, 4.69) is 50.1 Å². The number of para-hydroxylation sites is 2. The Morgan fingerprint density at radius 3 is 2.67 bits per heavy atom. The van der Waals surface area contributed by atoms with E-state index >= 15 is 0 Å². The molecule has 0 radical (unpaired) electrons. The quantitative estimate of drug-likeness (QED) is 0.780. The van der Waals surface area contributed by atoms with E-state index < -0.39 is 0 Å². The number of hydrogen-bond acceptors (Lipinski definition) is 3. The Hall–Kier alpha value is -2.66. The number of amides is 1. The van der Waals surface area contributed by atoms with Crippen LogP contribution in [0.15, 0.2) is 54.6 Å². The molecule has 0 unspecified atom stereocenters. The van der Waals surface area contributed by atoms with Crippen molar-refractivity contribution >= 4 is 16.9 Å². The fourth-order valence-corrected chi connectivity index (χ4v) is 4.59. The number of H-pyrrole nitrogens is 1. The van der Waals surface area contributed by atoms with Crippen molar-refractivity contribution in [1.29, 1.82) is 0 Å². The third-order valence-corrected chi connectivity index (χ3v) is 5.89. The number of hydrogen-bond donors (Lipinski definition) is 1. The topological polar surface area (TPSA) is 52.2 Å². The number of rotatable bonds is 3. The van der Waals surface area contributed by atoms with Gasteiger partial charge in [-0.3, -0.25) is 9.69 Å². The second kappa shape index (κ2) is 6.82. The summed E-state index contributed by atoms with van der Waals surface area (Å²) >= 11 is 0. The van der Waals surface area contributed by atoms with Crippen molar-refractivity contribution < 1.29 is 4.79 Å². The molecule has 5 nitrogen and oxygen atoms in total. The lowest BCUT2D eigenvalue weighted by molar-refractivity contribution is 0.0574. The average molecular weight is 360 g/mol. The monoisotopic (exact) mass is 360 g/mol. The van der Waals surface area contributed by atoms with Gasteiger partial charge in [0.25, 0.3) is 5.91 Å². The molecule has 1 amide bonds. The Morgan fingerprint density at radius 2 is 1.81 bits per heavy atom. The summed E-state index contributed by atoms with van der Waals surface area (Å²) < 4.78 is 0. The van der Waals surface area contributed by atoms with E-state index in [0.717, 1.165) is 43.6 Å². The molecule has 4 heterocycles. The molecule has 1 aromatic heterocycles. The van der Waals surface area contributed by atoms with Crippen molar-refractivity contribution in [1.82, 2.24) is 19.8 Å². The fraction of sp³-hybridized carbons (Fsp3) is 0.364. The second-order valence-electron chi connectivity index (χ2n) is 7.84. The van der Waals surface area contributed by atoms with Crippen LogP contribution in [0.1, 0.15) is 29.0 Å². The largest absolute Gasteiger partial charge is 0.334 e. The third kappa shape index (κ3) is 3.23. The number of carbonyl (C=O) groups is 1. The van der Waals surface area contributed by atoms with Crippen molar-refractivity contribution in [3.05, 3.63) is 66.0 Å². The highest BCUT2D eigenvalue weighted by Crippen LogP contribution is 2.30. The smallest absolute Gasteiger partial charge is 0.289 e. The van der Waals surface area contributed by atoms with Gasteiger partial charge in [0.1, 0.15) is 0 Å². The maximum Gasteiger partial charge on any atom is 0.289 e. The summed E-state index contributed by atoms with van der Waals surface area (Å²) in [6.07, 6.45) is 2.29. The maximum absolute atomic E-state index is 13.2. The number of piperidine rings is 1. The Kier molecular flexibility index (Phi) is 4.17. The highest BCUT2D eigenvalue weighted by molar-refractivity contribution is 5.94. The van der Waals surface area contributed by atoms with E-state index in [-0.39, 0.29) is 11.9 Å². The van der Waals surface area contributed by atoms with Crippen molar-refractivity contribution in [2.24, 2.45) is 5.92 Å². The summed E-state index contributed by atoms with van der Waals surface area (Å²) in [4.78, 5) is 25.5. The van der Waals surface area contributed by atoms with E-state index in [4.69, 9.17) is 0 Å². The highest BCUT2D eigenvalue weighted by Gasteiger charge is 2.38. The van der Waals surface area contributed by atoms with Crippen LogP contribution in [0, 0.1) is 5.92 Å². The summed E-state index contributed by atoms with van der Waals surface area (Å²) in [5.74, 6) is 1.06. The molecule has 3 aromatic rings. The summed E-state index contributed by atoms with van der Waals surface area (Å²) in [6.45, 7) is 3.80. The maximum atomic E-state index is 13.2. The number of nitrogens with zero attached hydrogens (tertiary/aromatic N) is 3. The molecule has 3 fully saturated rings. The Morgan fingerprint density at radius 1 is 1.00 bits per heavy atom. The molecule has 138 valence electrons. The second-order valence-corrected chi connectivity index (χ2v) is 7.84. The summed E-state index contributed by atoms with van der Waals surface area (Å²) in [5.41, 5.74) is 3.12. The Labute approximate surface area is 159 Å². The van der Waals surface area contributed by atoms with Crippen LogP contribution in [-0.4, -0.2) is 51.4 Å². The van der Waals surface area contributed by atoms with Crippen molar-refractivity contribution in [2.75, 3.05) is 19.6 Å². The lowest BCUT2D eigenvalue weighted by Crippen LogP contribution is -2.47. The van der Waals surface area contributed by atoms with Gasteiger partial charge < -0.3 is 9.88 Å². The number of fused-ring (bicyclic) bond motifs is 5. The number of nitrogens with one attached hydrogen (secondary N) is 1. The predicted molar refractivity (Wildman–Crippen MR) is 105 cm³/mol. The molecule has 3 saturated heterocycles. The van der Waals surface area contributed by atoms with Gasteiger partial charge in [0.15, 0.2) is 5.82 Å². The number of aromatic amines is 1. The first-order valence-electron chi connectivity index (χ1n) is 9.78. The van der Waals surface area contributed by atoms with Crippen LogP contribution in [0.5, 0.6) is 0 Å². The first-order chi connectivity index (χ1) is 13.3. The third-order valence-electron chi connectivity index (χ3n) is 5.89. The van der Waals surface area contributed by atoms with Crippen LogP contribution in [0.2, 0.25) is 0 Å². The van der Waals surface area contributed by atoms with Crippen LogP contribution in [0.3, 0.4) is 0 Å². The molecule has 0 saturated carbocycles. The summed E-state index contributed by atoms with van der Waals surface area (Å²) in [6, 6.07) is 18.7. The number of imidazole rings is 1. The van der Waals surface area contributed by atoms with Gasteiger partial charge in [-0.2, -0.15) is 0 Å². The van der Waals surface area contributed by atoms with E-state index in [1.807, 2.05) is 24.3 Å². The van der Waals surface area contributed by atoms with Gasteiger partial charge in [-0.05, 0) is 36.5 Å². The molecule has 0 aliphatic carbocycles. The number of benzene rings is 2. The van der Waals surface area contributed by atoms with E-state index in [0.29, 0.717) is 11.7 Å². The summed E-state index contributed by atoms with van der Waals surface area (Å²) in [5, 5.41) is 0. The van der Waals surface area contributed by atoms with E-state index in [1.54, 1.807) is 0 Å². The lowest BCUT2D eigenvalue weighted by Gasteiger charge is -2.35. The van der Waals surface area contributed by atoms with Gasteiger partial charge in [0, 0.05) is 32.2 Å². The van der Waals surface area contributed by atoms with Gasteiger partial charge in [-0.25, -0.2) is 4.98 Å². The molecular formula is C22H24N4O. The standard InChI is InChI=1S/C22H24N4O/c27-22(21-23-19-8-4-5-9-20(19)24-21)26-14-17-10-11-18(26)15-25(13-17)12-16-6-2-1-3-7-16/h1-9,17-18H,10-15H2,(H,23,24)/t17-,18+/m1/s1. The van der Waals surface area contributed by atoms with Crippen molar-refractivity contribution in [2.45, 2.75) is 25.4 Å². The fourth-order valence-electron chi connectivity index (χ4n) is 4.59. The van der Waals surface area contributed by atoms with Gasteiger partial charge in [0.05, 0.1) is 11.0 Å². The molecule has 3 aliphatic rings. The average Bonchev–Trinajstić information content (AvgIpc) is 2.95. The molecule has 2 bridgehead atoms. The highest BCUT2D eigenvalue weighted by atomic mass is 16.2. The molecule has 1 N–H and O–H groups in total. The zero-order valence-corrected chi connectivity index (χ0v) is 15.3. The predicted octanol–water partition coefficient (Wildman–Crippen LogP) is 3.30. The minimum atomic E-state index is 0.0439. The molecule has 5 heteroatoms. The lowest BCUT2D eigenvalue weighted by atomic mass is 9.95. The van der Waals surface area contributed by atoms with Gasteiger partial charge in [-0.1, -0.05) is 42.5 Å². The summed E-state index contributed by atoms with van der Waals surface area (Å²) in [7, 11) is 0. The number of aromatic nitrogens is 2. The Bertz CT molecular complexity index is 918. The normalized spacial score (nSPS) is 22.9. The number of carbonyl (C=O) groups excluding carboxylic acids is 1. The van der Waals surface area contributed by atoms with Crippen LogP contribution in [0.4, 0.5) is 0 Å². The molecule has 2 aromatic carbocycles. The Balaban J connectivity index is 1.36. The molecular weight excluding hydrogens is 336 g/mol. The molecule has 2 atom stereocenters. The van der Waals surface area contributed by atoms with Gasteiger partial charge in [-0.15, -0.1) is 0 Å². The van der Waals surface area contributed by atoms with Gasteiger partial charge >= 0.3 is 0 Å². The van der Waals surface area contributed by atoms with Crippen LogP contribution >= 0.6 is 0 Å². The van der Waals surface area contributed by atoms with Gasteiger partial charge in [0.2, 0.25) is 0 Å². The van der Waals surface area contributed by atoms with Crippen LogP contribution < -0.4 is 0 Å². The minimum Gasteiger partial charge on any atom is -0.334 e. The molecule has 0 spiro atoms. The van der Waals surface area contributed by atoms with E-state index in [9.17, 15) is 4.79 Å². The van der Waals surface area contributed by atoms with Crippen LogP contribution in [-0.2, 0) is 6.54 Å². The minimum absolute atomic E-state index is 0.0439. The van der Waals surface area contributed by atoms with Crippen molar-refractivity contribution in [3.8, 4) is 0 Å². The first-order valence-corrected chi connectivity index (χ1v) is 9.78. The zero-order valence-electron chi connectivity index (χ0n) is 15.3. The molecule has 3 aliphatic heterocycles. The van der Waals surface area contributed by atoms with E-state index in [1.165, 1.54) is 12.0 Å². The molecule has 27 heavy (non-hydrogen) atoms. The zero-order chi connectivity index (χ0) is 18.2.